The maximum atomic E-state index is 13.0. The first kappa shape index (κ1) is 17.0. The first-order valence-electron chi connectivity index (χ1n) is 9.50. The number of halogens is 1. The Kier molecular flexibility index (Phi) is 4.07. The van der Waals surface area contributed by atoms with Gasteiger partial charge in [-0.25, -0.2) is 4.98 Å². The topological polar surface area (TPSA) is 75.0 Å². The van der Waals surface area contributed by atoms with E-state index in [9.17, 15) is 4.79 Å². The maximum absolute atomic E-state index is 13.0. The Morgan fingerprint density at radius 2 is 2.00 bits per heavy atom. The molecule has 1 aliphatic carbocycles. The fraction of sp³-hybridized carbons (Fsp3) is 0.450. The van der Waals surface area contributed by atoms with Gasteiger partial charge in [-0.15, -0.1) is 0 Å². The van der Waals surface area contributed by atoms with Crippen LogP contribution in [-0.2, 0) is 0 Å². The molecular formula is C20H21BrN4O2. The second-order valence-electron chi connectivity index (χ2n) is 7.62. The minimum atomic E-state index is -0.0190. The summed E-state index contributed by atoms with van der Waals surface area (Å²) >= 11 is 3.48. The van der Waals surface area contributed by atoms with E-state index in [-0.39, 0.29) is 5.91 Å². The lowest BCUT2D eigenvalue weighted by molar-refractivity contribution is 0.0680. The number of furan rings is 1. The summed E-state index contributed by atoms with van der Waals surface area (Å²) in [5.74, 6) is 3.29. The average molecular weight is 429 g/mol. The minimum absolute atomic E-state index is 0.0190. The van der Waals surface area contributed by atoms with Crippen molar-refractivity contribution in [1.29, 1.82) is 0 Å². The van der Waals surface area contributed by atoms with Crippen LogP contribution in [0.1, 0.15) is 65.3 Å². The number of likely N-dealkylation sites (tertiary alicyclic amines) is 1. The van der Waals surface area contributed by atoms with Crippen LogP contribution in [0.5, 0.6) is 0 Å². The Morgan fingerprint density at radius 3 is 2.74 bits per heavy atom. The van der Waals surface area contributed by atoms with Gasteiger partial charge in [-0.1, -0.05) is 15.9 Å². The molecule has 1 amide bonds. The van der Waals surface area contributed by atoms with Crippen LogP contribution in [0, 0.1) is 6.92 Å². The first-order chi connectivity index (χ1) is 13.1. The number of hydrogen-bond acceptors (Lipinski definition) is 4. The van der Waals surface area contributed by atoms with Crippen LogP contribution >= 0.6 is 15.9 Å². The van der Waals surface area contributed by atoms with Crippen LogP contribution in [0.2, 0.25) is 0 Å². The number of rotatable bonds is 3. The van der Waals surface area contributed by atoms with Crippen molar-refractivity contribution in [2.45, 2.75) is 44.4 Å². The molecule has 0 spiro atoms. The number of fused-ring (bicyclic) bond motifs is 1. The lowest BCUT2D eigenvalue weighted by Crippen LogP contribution is -2.38. The molecule has 1 aliphatic heterocycles. The van der Waals surface area contributed by atoms with Gasteiger partial charge in [0.2, 0.25) is 0 Å². The van der Waals surface area contributed by atoms with Crippen molar-refractivity contribution in [1.82, 2.24) is 20.1 Å². The zero-order valence-corrected chi connectivity index (χ0v) is 16.8. The summed E-state index contributed by atoms with van der Waals surface area (Å²) in [6.45, 7) is 3.37. The molecular weight excluding hydrogens is 408 g/mol. The molecule has 0 bridgehead atoms. The van der Waals surface area contributed by atoms with Crippen molar-refractivity contribution in [3.63, 3.8) is 0 Å². The average Bonchev–Trinajstić information content (AvgIpc) is 3.33. The van der Waals surface area contributed by atoms with Crippen molar-refractivity contribution in [3.8, 4) is 0 Å². The summed E-state index contributed by atoms with van der Waals surface area (Å²) < 4.78 is 6.86. The Labute approximate surface area is 165 Å². The van der Waals surface area contributed by atoms with Gasteiger partial charge in [-0.2, -0.15) is 5.10 Å². The van der Waals surface area contributed by atoms with E-state index in [2.05, 4.69) is 31.1 Å². The van der Waals surface area contributed by atoms with Crippen molar-refractivity contribution in [2.75, 3.05) is 13.1 Å². The van der Waals surface area contributed by atoms with Crippen LogP contribution in [0.4, 0.5) is 0 Å². The van der Waals surface area contributed by atoms with Crippen LogP contribution in [0.3, 0.4) is 0 Å². The summed E-state index contributed by atoms with van der Waals surface area (Å²) in [7, 11) is 0. The number of carbonyl (C=O) groups excluding carboxylic acids is 1. The predicted molar refractivity (Wildman–Crippen MR) is 105 cm³/mol. The Hall–Kier alpha value is -2.15. The fourth-order valence-corrected chi connectivity index (χ4v) is 4.25. The van der Waals surface area contributed by atoms with E-state index in [0.29, 0.717) is 30.7 Å². The number of hydrogen-bond donors (Lipinski definition) is 1. The number of aromatic nitrogens is 3. The number of carbonyl (C=O) groups is 1. The molecule has 0 atom stereocenters. The Morgan fingerprint density at radius 1 is 1.22 bits per heavy atom. The lowest BCUT2D eigenvalue weighted by Gasteiger charge is -2.30. The number of nitrogens with one attached hydrogen (secondary N) is 1. The summed E-state index contributed by atoms with van der Waals surface area (Å²) in [5.41, 5.74) is 1.66. The van der Waals surface area contributed by atoms with Gasteiger partial charge < -0.3 is 9.32 Å². The number of benzene rings is 1. The summed E-state index contributed by atoms with van der Waals surface area (Å²) in [6.07, 6.45) is 4.21. The summed E-state index contributed by atoms with van der Waals surface area (Å²) in [4.78, 5) is 19.6. The molecule has 5 rings (SSSR count). The quantitative estimate of drug-likeness (QED) is 0.665. The molecule has 1 N–H and O–H groups in total. The molecule has 3 aromatic rings. The van der Waals surface area contributed by atoms with E-state index in [1.54, 1.807) is 0 Å². The van der Waals surface area contributed by atoms with Crippen molar-refractivity contribution in [3.05, 3.63) is 45.6 Å². The number of amides is 1. The predicted octanol–water partition coefficient (Wildman–Crippen LogP) is 4.52. The molecule has 3 heterocycles. The summed E-state index contributed by atoms with van der Waals surface area (Å²) in [6, 6.07) is 5.83. The molecule has 140 valence electrons. The van der Waals surface area contributed by atoms with Crippen molar-refractivity contribution < 1.29 is 9.21 Å². The normalized spacial score (nSPS) is 18.4. The molecule has 2 fully saturated rings. The Balaban J connectivity index is 1.30. The fourth-order valence-electron chi connectivity index (χ4n) is 3.89. The first-order valence-corrected chi connectivity index (χ1v) is 10.3. The number of piperidine rings is 1. The van der Waals surface area contributed by atoms with E-state index < -0.39 is 0 Å². The molecule has 2 aromatic heterocycles. The third kappa shape index (κ3) is 3.08. The minimum Gasteiger partial charge on any atom is -0.451 e. The van der Waals surface area contributed by atoms with Gasteiger partial charge in [0, 0.05) is 40.3 Å². The smallest absolute Gasteiger partial charge is 0.289 e. The lowest BCUT2D eigenvalue weighted by atomic mass is 9.96. The van der Waals surface area contributed by atoms with Gasteiger partial charge in [0.1, 0.15) is 11.4 Å². The molecule has 1 saturated carbocycles. The molecule has 2 aliphatic rings. The van der Waals surface area contributed by atoms with Crippen LogP contribution in [-0.4, -0.2) is 39.1 Å². The van der Waals surface area contributed by atoms with Gasteiger partial charge >= 0.3 is 0 Å². The summed E-state index contributed by atoms with van der Waals surface area (Å²) in [5, 5.41) is 8.46. The molecule has 7 heteroatoms. The van der Waals surface area contributed by atoms with E-state index in [4.69, 9.17) is 4.42 Å². The second kappa shape index (κ2) is 6.48. The monoisotopic (exact) mass is 428 g/mol. The largest absolute Gasteiger partial charge is 0.451 e. The highest BCUT2D eigenvalue weighted by atomic mass is 79.9. The van der Waals surface area contributed by atoms with Crippen molar-refractivity contribution >= 4 is 32.8 Å². The van der Waals surface area contributed by atoms with Crippen LogP contribution in [0.15, 0.2) is 27.1 Å². The highest BCUT2D eigenvalue weighted by Gasteiger charge is 2.32. The number of aryl methyl sites for hydroxylation is 1. The van der Waals surface area contributed by atoms with Gasteiger partial charge in [-0.3, -0.25) is 9.89 Å². The molecule has 1 aromatic carbocycles. The van der Waals surface area contributed by atoms with E-state index >= 15 is 0 Å². The third-order valence-corrected chi connectivity index (χ3v) is 6.22. The van der Waals surface area contributed by atoms with Crippen LogP contribution in [0.25, 0.3) is 11.0 Å². The molecule has 1 saturated heterocycles. The Bertz CT molecular complexity index is 1010. The van der Waals surface area contributed by atoms with Gasteiger partial charge in [0.05, 0.1) is 0 Å². The zero-order chi connectivity index (χ0) is 18.5. The molecule has 0 radical (unpaired) electrons. The van der Waals surface area contributed by atoms with E-state index in [0.717, 1.165) is 45.5 Å². The third-order valence-electron chi connectivity index (χ3n) is 5.72. The van der Waals surface area contributed by atoms with Gasteiger partial charge in [0.15, 0.2) is 11.6 Å². The molecule has 0 unspecified atom stereocenters. The number of nitrogens with zero attached hydrogens (tertiary/aromatic N) is 3. The van der Waals surface area contributed by atoms with Gasteiger partial charge in [-0.05, 0) is 50.8 Å². The zero-order valence-electron chi connectivity index (χ0n) is 15.2. The highest BCUT2D eigenvalue weighted by molar-refractivity contribution is 9.10. The van der Waals surface area contributed by atoms with E-state index in [1.807, 2.05) is 30.0 Å². The van der Waals surface area contributed by atoms with Gasteiger partial charge in [0.25, 0.3) is 5.91 Å². The molecule has 27 heavy (non-hydrogen) atoms. The number of aromatic amines is 1. The maximum Gasteiger partial charge on any atom is 0.289 e. The van der Waals surface area contributed by atoms with Crippen molar-refractivity contribution in [2.24, 2.45) is 0 Å². The standard InChI is InChI=1S/C20H21BrN4O2/c1-11-15-10-14(21)4-5-16(15)27-17(11)20(26)25-8-6-13(7-9-25)19-22-18(23-24-19)12-2-3-12/h4-5,10,12-13H,2-3,6-9H2,1H3,(H,22,23,24). The highest BCUT2D eigenvalue weighted by Crippen LogP contribution is 2.38. The second-order valence-corrected chi connectivity index (χ2v) is 8.53. The van der Waals surface area contributed by atoms with E-state index in [1.165, 1.54) is 12.8 Å². The van der Waals surface area contributed by atoms with Crippen LogP contribution < -0.4 is 0 Å². The number of H-pyrrole nitrogens is 1. The SMILES string of the molecule is Cc1c(C(=O)N2CCC(c3nc(C4CC4)n[nH]3)CC2)oc2ccc(Br)cc12. The molecule has 6 nitrogen and oxygen atoms in total.